The lowest BCUT2D eigenvalue weighted by Gasteiger charge is -2.46. The zero-order chi connectivity index (χ0) is 16.7. The fraction of sp³-hybridized carbons (Fsp3) is 0.846. The van der Waals surface area contributed by atoms with Crippen LogP contribution in [0.2, 0.25) is 0 Å². The van der Waals surface area contributed by atoms with Gasteiger partial charge in [-0.15, -0.1) is 6.42 Å². The summed E-state index contributed by atoms with van der Waals surface area (Å²) in [5.74, 6) is 2.08. The third kappa shape index (κ3) is 2.43. The molecule has 2 aliphatic heterocycles. The first-order chi connectivity index (χ1) is 10.3. The summed E-state index contributed by atoms with van der Waals surface area (Å²) in [7, 11) is 0. The Bertz CT molecular complexity index is 438. The number of rotatable bonds is 3. The third-order valence-electron chi connectivity index (χ3n) is 4.26. The molecule has 9 nitrogen and oxygen atoms in total. The Kier molecular flexibility index (Phi) is 5.08. The van der Waals surface area contributed by atoms with Crippen LogP contribution in [0.4, 0.5) is 0 Å². The first-order valence-corrected chi connectivity index (χ1v) is 6.75. The average molecular weight is 320 g/mol. The molecule has 0 bridgehead atoms. The van der Waals surface area contributed by atoms with E-state index < -0.39 is 67.6 Å². The molecular weight excluding hydrogens is 300 g/mol. The first kappa shape index (κ1) is 17.6. The number of ether oxygens (including phenoxy) is 2. The molecule has 2 fully saturated rings. The SMILES string of the molecule is C#C[C@H]1O[C@H]([C@]2(CO)O[C@H](CO)[C@@H](O)[C@@H]2O)[C@H](O)[C@@H](O)[C@@H]1O. The predicted molar refractivity (Wildman–Crippen MR) is 69.3 cm³/mol. The molecule has 9 atom stereocenters. The van der Waals surface area contributed by atoms with Gasteiger partial charge in [0.05, 0.1) is 13.2 Å². The summed E-state index contributed by atoms with van der Waals surface area (Å²) in [6.45, 7) is -1.53. The Balaban J connectivity index is 2.36. The second kappa shape index (κ2) is 6.37. The van der Waals surface area contributed by atoms with Crippen molar-refractivity contribution in [2.24, 2.45) is 0 Å². The van der Waals surface area contributed by atoms with Crippen molar-refractivity contribution in [1.29, 1.82) is 0 Å². The molecular formula is C13H20O9. The van der Waals surface area contributed by atoms with E-state index in [1.165, 1.54) is 0 Å². The maximum Gasteiger partial charge on any atom is 0.149 e. The highest BCUT2D eigenvalue weighted by atomic mass is 16.6. The Hall–Kier alpha value is -0.800. The van der Waals surface area contributed by atoms with E-state index in [0.29, 0.717) is 0 Å². The van der Waals surface area contributed by atoms with Gasteiger partial charge in [0.25, 0.3) is 0 Å². The summed E-state index contributed by atoms with van der Waals surface area (Å²) in [5, 5.41) is 68.4. The van der Waals surface area contributed by atoms with Gasteiger partial charge < -0.3 is 45.2 Å². The second-order valence-electron chi connectivity index (χ2n) is 5.50. The van der Waals surface area contributed by atoms with Crippen molar-refractivity contribution in [2.45, 2.75) is 54.4 Å². The van der Waals surface area contributed by atoms with E-state index in [1.807, 2.05) is 0 Å². The second-order valence-corrected chi connectivity index (χ2v) is 5.50. The molecule has 0 aromatic heterocycles. The molecule has 2 rings (SSSR count). The number of aliphatic hydroxyl groups excluding tert-OH is 7. The summed E-state index contributed by atoms with van der Waals surface area (Å²) in [5.41, 5.74) is -2.01. The van der Waals surface area contributed by atoms with Crippen LogP contribution in [0.3, 0.4) is 0 Å². The van der Waals surface area contributed by atoms with Gasteiger partial charge in [0, 0.05) is 0 Å². The van der Waals surface area contributed by atoms with Crippen molar-refractivity contribution < 1.29 is 45.2 Å². The van der Waals surface area contributed by atoms with Crippen molar-refractivity contribution in [1.82, 2.24) is 0 Å². The summed E-state index contributed by atoms with van der Waals surface area (Å²) < 4.78 is 10.6. The lowest BCUT2D eigenvalue weighted by atomic mass is 9.81. The molecule has 0 aliphatic carbocycles. The zero-order valence-electron chi connectivity index (χ0n) is 11.6. The van der Waals surface area contributed by atoms with E-state index >= 15 is 0 Å². The van der Waals surface area contributed by atoms with Crippen LogP contribution in [0.5, 0.6) is 0 Å². The van der Waals surface area contributed by atoms with Crippen molar-refractivity contribution in [2.75, 3.05) is 13.2 Å². The average Bonchev–Trinajstić information content (AvgIpc) is 2.78. The van der Waals surface area contributed by atoms with Crippen LogP contribution < -0.4 is 0 Å². The standard InChI is InChI=1S/C13H20O9/c1-2-5-7(16)9(18)10(19)12(21-5)13(4-15)11(20)8(17)6(3-14)22-13/h1,5-12,14-20H,3-4H2/t5-,6-,7-,8-,9+,10-,11+,12+,13-/m1/s1. The van der Waals surface area contributed by atoms with Gasteiger partial charge in [0.1, 0.15) is 54.4 Å². The van der Waals surface area contributed by atoms with Gasteiger partial charge in [-0.2, -0.15) is 0 Å². The molecule has 22 heavy (non-hydrogen) atoms. The smallest absolute Gasteiger partial charge is 0.149 e. The monoisotopic (exact) mass is 320 g/mol. The molecule has 2 heterocycles. The molecule has 0 radical (unpaired) electrons. The number of aliphatic hydroxyl groups is 7. The Morgan fingerprint density at radius 3 is 2.05 bits per heavy atom. The topological polar surface area (TPSA) is 160 Å². The van der Waals surface area contributed by atoms with Gasteiger partial charge >= 0.3 is 0 Å². The highest BCUT2D eigenvalue weighted by Crippen LogP contribution is 2.39. The van der Waals surface area contributed by atoms with Gasteiger partial charge in [-0.1, -0.05) is 5.92 Å². The largest absolute Gasteiger partial charge is 0.394 e. The molecule has 2 saturated heterocycles. The van der Waals surface area contributed by atoms with E-state index in [4.69, 9.17) is 21.0 Å². The minimum absolute atomic E-state index is 0.646. The lowest BCUT2D eigenvalue weighted by Crippen LogP contribution is -2.68. The molecule has 0 aromatic carbocycles. The molecule has 0 aromatic rings. The van der Waals surface area contributed by atoms with Crippen LogP contribution in [-0.2, 0) is 9.47 Å². The Labute approximate surface area is 126 Å². The fourth-order valence-corrected chi connectivity index (χ4v) is 2.94. The molecule has 9 heteroatoms. The quantitative estimate of drug-likeness (QED) is 0.253. The van der Waals surface area contributed by atoms with Crippen molar-refractivity contribution in [3.8, 4) is 12.3 Å². The van der Waals surface area contributed by atoms with Gasteiger partial charge in [-0.25, -0.2) is 0 Å². The van der Waals surface area contributed by atoms with Gasteiger partial charge in [-0.05, 0) is 0 Å². The maximum absolute atomic E-state index is 10.2. The maximum atomic E-state index is 10.2. The third-order valence-corrected chi connectivity index (χ3v) is 4.26. The Morgan fingerprint density at radius 2 is 1.59 bits per heavy atom. The lowest BCUT2D eigenvalue weighted by molar-refractivity contribution is -0.278. The Morgan fingerprint density at radius 1 is 0.955 bits per heavy atom. The molecule has 7 N–H and O–H groups in total. The van der Waals surface area contributed by atoms with E-state index in [-0.39, 0.29) is 0 Å². The van der Waals surface area contributed by atoms with Crippen LogP contribution in [0.1, 0.15) is 0 Å². The van der Waals surface area contributed by atoms with Crippen LogP contribution >= 0.6 is 0 Å². The molecule has 0 unspecified atom stereocenters. The van der Waals surface area contributed by atoms with Crippen molar-refractivity contribution in [3.05, 3.63) is 0 Å². The number of terminal acetylenes is 1. The van der Waals surface area contributed by atoms with Gasteiger partial charge in [-0.3, -0.25) is 0 Å². The van der Waals surface area contributed by atoms with Crippen LogP contribution in [-0.4, -0.2) is 103 Å². The molecule has 2 aliphatic rings. The summed E-state index contributed by atoms with van der Waals surface area (Å²) in [4.78, 5) is 0. The molecule has 0 spiro atoms. The number of hydrogen-bond acceptors (Lipinski definition) is 9. The van der Waals surface area contributed by atoms with E-state index in [9.17, 15) is 30.6 Å². The minimum atomic E-state index is -2.01. The normalized spacial score (nSPS) is 52.5. The predicted octanol–water partition coefficient (Wildman–Crippen LogP) is -4.69. The number of hydrogen-bond donors (Lipinski definition) is 7. The van der Waals surface area contributed by atoms with E-state index in [1.54, 1.807) is 0 Å². The zero-order valence-corrected chi connectivity index (χ0v) is 11.6. The molecule has 126 valence electrons. The first-order valence-electron chi connectivity index (χ1n) is 6.75. The minimum Gasteiger partial charge on any atom is -0.394 e. The van der Waals surface area contributed by atoms with E-state index in [0.717, 1.165) is 0 Å². The van der Waals surface area contributed by atoms with Crippen LogP contribution in [0, 0.1) is 12.3 Å². The van der Waals surface area contributed by atoms with Crippen molar-refractivity contribution >= 4 is 0 Å². The molecule has 0 amide bonds. The van der Waals surface area contributed by atoms with Crippen molar-refractivity contribution in [3.63, 3.8) is 0 Å². The van der Waals surface area contributed by atoms with Crippen LogP contribution in [0.25, 0.3) is 0 Å². The van der Waals surface area contributed by atoms with Crippen LogP contribution in [0.15, 0.2) is 0 Å². The summed E-state index contributed by atoms with van der Waals surface area (Å²) in [6, 6.07) is 0. The van der Waals surface area contributed by atoms with Gasteiger partial charge in [0.15, 0.2) is 0 Å². The highest BCUT2D eigenvalue weighted by molar-refractivity contribution is 5.14. The van der Waals surface area contributed by atoms with Gasteiger partial charge in [0.2, 0.25) is 0 Å². The highest BCUT2D eigenvalue weighted by Gasteiger charge is 2.63. The fourth-order valence-electron chi connectivity index (χ4n) is 2.94. The summed E-state index contributed by atoms with van der Waals surface area (Å²) in [6.07, 6.45) is -7.15. The molecule has 0 saturated carbocycles. The van der Waals surface area contributed by atoms with E-state index in [2.05, 4.69) is 5.92 Å². The summed E-state index contributed by atoms with van der Waals surface area (Å²) >= 11 is 0.